The number of carboxylic acid groups (broad SMARTS) is 1. The average Bonchev–Trinajstić information content (AvgIpc) is 2.45. The summed E-state index contributed by atoms with van der Waals surface area (Å²) in [6, 6.07) is 9.11. The van der Waals surface area contributed by atoms with Gasteiger partial charge < -0.3 is 5.11 Å². The summed E-state index contributed by atoms with van der Waals surface area (Å²) in [4.78, 5) is 10.7. The monoisotopic (exact) mass is 239 g/mol. The topological polar surface area (TPSA) is 42.2 Å². The van der Waals surface area contributed by atoms with Crippen molar-refractivity contribution in [2.24, 2.45) is 0 Å². The molecule has 0 saturated heterocycles. The van der Waals surface area contributed by atoms with Gasteiger partial charge in [0.15, 0.2) is 0 Å². The molecule has 1 heterocycles. The van der Waals surface area contributed by atoms with E-state index in [-0.39, 0.29) is 5.69 Å². The van der Waals surface area contributed by atoms with Crippen LogP contribution in [0.15, 0.2) is 30.3 Å². The number of carbonyl (C=O) groups is 1. The molecule has 0 amide bonds. The van der Waals surface area contributed by atoms with Crippen molar-refractivity contribution in [1.82, 2.24) is 3.59 Å². The molecular formula is C9H6BrNO2. The number of carboxylic acids is 1. The van der Waals surface area contributed by atoms with E-state index in [1.54, 1.807) is 6.07 Å². The number of hydrogen-bond donors (Lipinski definition) is 1. The van der Waals surface area contributed by atoms with Crippen LogP contribution >= 0.6 is 16.1 Å². The van der Waals surface area contributed by atoms with Crippen LogP contribution in [0, 0.1) is 0 Å². The van der Waals surface area contributed by atoms with Crippen LogP contribution in [0.3, 0.4) is 0 Å². The predicted molar refractivity (Wildman–Crippen MR) is 53.2 cm³/mol. The number of halogens is 1. The van der Waals surface area contributed by atoms with E-state index < -0.39 is 5.97 Å². The highest BCUT2D eigenvalue weighted by Gasteiger charge is 2.11. The van der Waals surface area contributed by atoms with Crippen LogP contribution in [0.1, 0.15) is 10.5 Å². The van der Waals surface area contributed by atoms with Crippen molar-refractivity contribution < 1.29 is 9.90 Å². The normalized spacial score (nSPS) is 10.5. The third kappa shape index (κ3) is 1.23. The predicted octanol–water partition coefficient (Wildman–Crippen LogP) is 2.50. The van der Waals surface area contributed by atoms with Crippen LogP contribution in [-0.4, -0.2) is 14.7 Å². The zero-order valence-electron chi connectivity index (χ0n) is 6.57. The first kappa shape index (κ1) is 8.31. The van der Waals surface area contributed by atoms with E-state index in [2.05, 4.69) is 16.1 Å². The first-order valence-corrected chi connectivity index (χ1v) is 4.41. The van der Waals surface area contributed by atoms with Crippen molar-refractivity contribution in [1.29, 1.82) is 0 Å². The highest BCUT2D eigenvalue weighted by molar-refractivity contribution is 9.08. The van der Waals surface area contributed by atoms with Gasteiger partial charge >= 0.3 is 5.97 Å². The second kappa shape index (κ2) is 2.88. The van der Waals surface area contributed by atoms with Crippen molar-refractivity contribution >= 4 is 33.0 Å². The molecule has 0 unspecified atom stereocenters. The van der Waals surface area contributed by atoms with Gasteiger partial charge in [-0.15, -0.1) is 0 Å². The molecule has 1 aromatic heterocycles. The van der Waals surface area contributed by atoms with Gasteiger partial charge in [-0.2, -0.15) is 0 Å². The molecule has 1 N–H and O–H groups in total. The first-order valence-electron chi connectivity index (χ1n) is 3.70. The van der Waals surface area contributed by atoms with E-state index in [1.807, 2.05) is 24.3 Å². The molecule has 0 saturated carbocycles. The molecule has 66 valence electrons. The van der Waals surface area contributed by atoms with E-state index >= 15 is 0 Å². The number of benzene rings is 1. The van der Waals surface area contributed by atoms with Crippen molar-refractivity contribution in [3.05, 3.63) is 36.0 Å². The lowest BCUT2D eigenvalue weighted by Crippen LogP contribution is -1.99. The fraction of sp³-hybridized carbons (Fsp3) is 0. The molecular weight excluding hydrogens is 234 g/mol. The van der Waals surface area contributed by atoms with Gasteiger partial charge in [0.25, 0.3) is 0 Å². The maximum atomic E-state index is 10.7. The number of para-hydroxylation sites is 1. The zero-order valence-corrected chi connectivity index (χ0v) is 8.15. The Hall–Kier alpha value is -1.29. The maximum Gasteiger partial charge on any atom is 0.353 e. The van der Waals surface area contributed by atoms with Gasteiger partial charge in [-0.25, -0.2) is 4.79 Å². The summed E-state index contributed by atoms with van der Waals surface area (Å²) >= 11 is 3.19. The van der Waals surface area contributed by atoms with Gasteiger partial charge in [0.1, 0.15) is 5.69 Å². The number of fused-ring (bicyclic) bond motifs is 1. The van der Waals surface area contributed by atoms with Gasteiger partial charge in [0.2, 0.25) is 0 Å². The molecule has 0 atom stereocenters. The SMILES string of the molecule is O=C(O)c1cc2ccccc2n1Br. The Morgan fingerprint density at radius 2 is 2.08 bits per heavy atom. The maximum absolute atomic E-state index is 10.7. The molecule has 2 aromatic rings. The standard InChI is InChI=1S/C9H6BrNO2/c10-11-7-4-2-1-3-6(7)5-8(11)9(12)13/h1-5H,(H,12,13). The number of aromatic carboxylic acids is 1. The summed E-state index contributed by atoms with van der Waals surface area (Å²) in [6.45, 7) is 0. The molecule has 0 radical (unpaired) electrons. The molecule has 0 aliphatic heterocycles. The first-order chi connectivity index (χ1) is 6.20. The number of rotatable bonds is 1. The summed E-state index contributed by atoms with van der Waals surface area (Å²) < 4.78 is 1.49. The summed E-state index contributed by atoms with van der Waals surface area (Å²) in [5.41, 5.74) is 1.10. The Balaban J connectivity index is 2.81. The Labute approximate surface area is 82.9 Å². The van der Waals surface area contributed by atoms with Crippen molar-refractivity contribution in [3.8, 4) is 0 Å². The van der Waals surface area contributed by atoms with Crippen molar-refractivity contribution in [2.45, 2.75) is 0 Å². The van der Waals surface area contributed by atoms with Gasteiger partial charge in [0, 0.05) is 5.39 Å². The minimum absolute atomic E-state index is 0.237. The van der Waals surface area contributed by atoms with Crippen molar-refractivity contribution in [2.75, 3.05) is 0 Å². The summed E-state index contributed by atoms with van der Waals surface area (Å²) in [5.74, 6) is -0.937. The molecule has 1 aromatic carbocycles. The van der Waals surface area contributed by atoms with Crippen LogP contribution in [0.2, 0.25) is 0 Å². The third-order valence-electron chi connectivity index (χ3n) is 1.87. The zero-order chi connectivity index (χ0) is 9.42. The van der Waals surface area contributed by atoms with Gasteiger partial charge in [0.05, 0.1) is 21.7 Å². The van der Waals surface area contributed by atoms with Gasteiger partial charge in [-0.05, 0) is 12.1 Å². The molecule has 0 aliphatic rings. The van der Waals surface area contributed by atoms with Gasteiger partial charge in [-0.1, -0.05) is 18.2 Å². The molecule has 0 spiro atoms. The van der Waals surface area contributed by atoms with E-state index in [1.165, 1.54) is 3.59 Å². The van der Waals surface area contributed by atoms with E-state index in [0.717, 1.165) is 10.9 Å². The second-order valence-corrected chi connectivity index (χ2v) is 3.38. The Morgan fingerprint density at radius 1 is 1.38 bits per heavy atom. The summed E-state index contributed by atoms with van der Waals surface area (Å²) in [5, 5.41) is 9.73. The van der Waals surface area contributed by atoms with Crippen LogP contribution in [0.4, 0.5) is 0 Å². The third-order valence-corrected chi connectivity index (χ3v) is 2.64. The Bertz CT molecular complexity index is 475. The quantitative estimate of drug-likeness (QED) is 0.831. The molecule has 2 rings (SSSR count). The highest BCUT2D eigenvalue weighted by atomic mass is 79.9. The highest BCUT2D eigenvalue weighted by Crippen LogP contribution is 2.21. The number of aromatic nitrogens is 1. The smallest absolute Gasteiger partial charge is 0.353 e. The van der Waals surface area contributed by atoms with Crippen LogP contribution in [-0.2, 0) is 0 Å². The Kier molecular flexibility index (Phi) is 1.84. The molecule has 4 heteroatoms. The van der Waals surface area contributed by atoms with Gasteiger partial charge in [-0.3, -0.25) is 3.59 Å². The van der Waals surface area contributed by atoms with Crippen LogP contribution < -0.4 is 0 Å². The lowest BCUT2D eigenvalue weighted by Gasteiger charge is -1.94. The van der Waals surface area contributed by atoms with E-state index in [4.69, 9.17) is 5.11 Å². The van der Waals surface area contributed by atoms with Crippen molar-refractivity contribution in [3.63, 3.8) is 0 Å². The average molecular weight is 240 g/mol. The van der Waals surface area contributed by atoms with E-state index in [9.17, 15) is 4.79 Å². The molecule has 3 nitrogen and oxygen atoms in total. The fourth-order valence-electron chi connectivity index (χ4n) is 1.27. The minimum atomic E-state index is -0.937. The second-order valence-electron chi connectivity index (χ2n) is 2.67. The molecule has 0 bridgehead atoms. The lowest BCUT2D eigenvalue weighted by atomic mass is 10.2. The fourth-order valence-corrected chi connectivity index (χ4v) is 1.84. The number of hydrogen-bond acceptors (Lipinski definition) is 1. The summed E-state index contributed by atoms with van der Waals surface area (Å²) in [6.07, 6.45) is 0. The summed E-state index contributed by atoms with van der Waals surface area (Å²) in [7, 11) is 0. The lowest BCUT2D eigenvalue weighted by molar-refractivity contribution is 0.0690. The van der Waals surface area contributed by atoms with Crippen LogP contribution in [0.25, 0.3) is 10.9 Å². The minimum Gasteiger partial charge on any atom is -0.477 e. The molecule has 0 aliphatic carbocycles. The largest absolute Gasteiger partial charge is 0.477 e. The molecule has 13 heavy (non-hydrogen) atoms. The van der Waals surface area contributed by atoms with Crippen LogP contribution in [0.5, 0.6) is 0 Å². The molecule has 0 fully saturated rings. The number of nitrogens with zero attached hydrogens (tertiary/aromatic N) is 1. The van der Waals surface area contributed by atoms with E-state index in [0.29, 0.717) is 0 Å². The Morgan fingerprint density at radius 3 is 2.69 bits per heavy atom.